The second-order valence-electron chi connectivity index (χ2n) is 6.36. The van der Waals surface area contributed by atoms with Gasteiger partial charge in [0.05, 0.1) is 6.61 Å². The summed E-state index contributed by atoms with van der Waals surface area (Å²) in [5.41, 5.74) is 2.00. The standard InChI is InChI=1S/C18H26N2O2/c1-2-22-13-14-8-10-16(11-9-14)19-18(21)20-12-4-6-15-5-3-7-17(15)20/h8-11,15,17H,2-7,12-13H2,1H3,(H,19,21). The Morgan fingerprint density at radius 1 is 1.23 bits per heavy atom. The summed E-state index contributed by atoms with van der Waals surface area (Å²) in [6.07, 6.45) is 6.17. The van der Waals surface area contributed by atoms with E-state index in [0.29, 0.717) is 12.6 Å². The van der Waals surface area contributed by atoms with Gasteiger partial charge in [0.1, 0.15) is 0 Å². The molecule has 2 amide bonds. The normalized spacial score (nSPS) is 24.1. The molecule has 3 rings (SSSR count). The first-order chi connectivity index (χ1) is 10.8. The quantitative estimate of drug-likeness (QED) is 0.912. The summed E-state index contributed by atoms with van der Waals surface area (Å²) in [6, 6.07) is 8.48. The van der Waals surface area contributed by atoms with Crippen molar-refractivity contribution < 1.29 is 9.53 Å². The van der Waals surface area contributed by atoms with Crippen molar-refractivity contribution >= 4 is 11.7 Å². The van der Waals surface area contributed by atoms with Crippen LogP contribution in [0.15, 0.2) is 24.3 Å². The molecule has 1 heterocycles. The number of hydrogen-bond acceptors (Lipinski definition) is 2. The van der Waals surface area contributed by atoms with Crippen LogP contribution < -0.4 is 5.32 Å². The average molecular weight is 302 g/mol. The Labute approximate surface area is 132 Å². The molecule has 120 valence electrons. The molecule has 1 aromatic carbocycles. The van der Waals surface area contributed by atoms with Gasteiger partial charge in [-0.15, -0.1) is 0 Å². The zero-order chi connectivity index (χ0) is 15.4. The number of nitrogens with zero attached hydrogens (tertiary/aromatic N) is 1. The van der Waals surface area contributed by atoms with Gasteiger partial charge in [-0.3, -0.25) is 0 Å². The number of likely N-dealkylation sites (tertiary alicyclic amines) is 1. The lowest BCUT2D eigenvalue weighted by Crippen LogP contribution is -2.48. The largest absolute Gasteiger partial charge is 0.377 e. The van der Waals surface area contributed by atoms with E-state index < -0.39 is 0 Å². The number of benzene rings is 1. The van der Waals surface area contributed by atoms with Crippen molar-refractivity contribution in [3.05, 3.63) is 29.8 Å². The fourth-order valence-electron chi connectivity index (χ4n) is 3.81. The predicted molar refractivity (Wildman–Crippen MR) is 87.9 cm³/mol. The maximum Gasteiger partial charge on any atom is 0.322 e. The van der Waals surface area contributed by atoms with Crippen LogP contribution in [0.25, 0.3) is 0 Å². The number of carbonyl (C=O) groups excluding carboxylic acids is 1. The summed E-state index contributed by atoms with van der Waals surface area (Å²) in [6.45, 7) is 4.23. The van der Waals surface area contributed by atoms with Gasteiger partial charge in [-0.25, -0.2) is 4.79 Å². The second kappa shape index (κ2) is 7.14. The molecule has 2 fully saturated rings. The lowest BCUT2D eigenvalue weighted by atomic mass is 9.92. The van der Waals surface area contributed by atoms with E-state index in [9.17, 15) is 4.79 Å². The molecular weight excluding hydrogens is 276 g/mol. The van der Waals surface area contributed by atoms with E-state index in [2.05, 4.69) is 10.2 Å². The number of urea groups is 1. The monoisotopic (exact) mass is 302 g/mol. The molecule has 4 nitrogen and oxygen atoms in total. The van der Waals surface area contributed by atoms with Crippen LogP contribution in [0.5, 0.6) is 0 Å². The Morgan fingerprint density at radius 2 is 2.00 bits per heavy atom. The summed E-state index contributed by atoms with van der Waals surface area (Å²) in [7, 11) is 0. The van der Waals surface area contributed by atoms with Crippen molar-refractivity contribution in [1.82, 2.24) is 4.90 Å². The van der Waals surface area contributed by atoms with Gasteiger partial charge in [-0.1, -0.05) is 18.6 Å². The van der Waals surface area contributed by atoms with Crippen molar-refractivity contribution in [2.45, 2.75) is 51.7 Å². The van der Waals surface area contributed by atoms with Gasteiger partial charge >= 0.3 is 6.03 Å². The van der Waals surface area contributed by atoms with Crippen molar-refractivity contribution in [2.24, 2.45) is 5.92 Å². The maximum absolute atomic E-state index is 12.6. The zero-order valence-corrected chi connectivity index (χ0v) is 13.4. The molecule has 1 aliphatic carbocycles. The molecule has 1 saturated heterocycles. The van der Waals surface area contributed by atoms with E-state index in [1.807, 2.05) is 31.2 Å². The highest BCUT2D eigenvalue weighted by Gasteiger charge is 2.37. The fourth-order valence-corrected chi connectivity index (χ4v) is 3.81. The van der Waals surface area contributed by atoms with E-state index in [1.54, 1.807) is 0 Å². The Balaban J connectivity index is 1.59. The molecule has 0 aromatic heterocycles. The second-order valence-corrected chi connectivity index (χ2v) is 6.36. The van der Waals surface area contributed by atoms with Crippen LogP contribution in [-0.2, 0) is 11.3 Å². The Kier molecular flexibility index (Phi) is 4.98. The van der Waals surface area contributed by atoms with Crippen LogP contribution in [-0.4, -0.2) is 30.1 Å². The number of amides is 2. The lowest BCUT2D eigenvalue weighted by Gasteiger charge is -2.37. The average Bonchev–Trinajstić information content (AvgIpc) is 3.02. The highest BCUT2D eigenvalue weighted by atomic mass is 16.5. The minimum atomic E-state index is 0.0640. The molecule has 1 aromatic rings. The summed E-state index contributed by atoms with van der Waals surface area (Å²) < 4.78 is 5.39. The Bertz CT molecular complexity index is 500. The van der Waals surface area contributed by atoms with Crippen LogP contribution in [0.3, 0.4) is 0 Å². The fraction of sp³-hybridized carbons (Fsp3) is 0.611. The van der Waals surface area contributed by atoms with Crippen molar-refractivity contribution in [2.75, 3.05) is 18.5 Å². The van der Waals surface area contributed by atoms with E-state index in [-0.39, 0.29) is 6.03 Å². The van der Waals surface area contributed by atoms with E-state index in [1.165, 1.54) is 25.7 Å². The van der Waals surface area contributed by atoms with E-state index >= 15 is 0 Å². The summed E-state index contributed by atoms with van der Waals surface area (Å²) in [5, 5.41) is 3.05. The number of carbonyl (C=O) groups is 1. The summed E-state index contributed by atoms with van der Waals surface area (Å²) in [5.74, 6) is 0.730. The maximum atomic E-state index is 12.6. The third-order valence-corrected chi connectivity index (χ3v) is 4.93. The van der Waals surface area contributed by atoms with Gasteiger partial charge < -0.3 is 15.0 Å². The molecule has 2 aliphatic rings. The number of ether oxygens (including phenoxy) is 1. The van der Waals surface area contributed by atoms with Crippen LogP contribution in [0.2, 0.25) is 0 Å². The molecule has 1 aliphatic heterocycles. The lowest BCUT2D eigenvalue weighted by molar-refractivity contribution is 0.134. The summed E-state index contributed by atoms with van der Waals surface area (Å²) >= 11 is 0. The number of anilines is 1. The number of fused-ring (bicyclic) bond motifs is 1. The molecule has 0 spiro atoms. The SMILES string of the molecule is CCOCc1ccc(NC(=O)N2CCCC3CCCC32)cc1. The van der Waals surface area contributed by atoms with Gasteiger partial charge in [0.25, 0.3) is 0 Å². The van der Waals surface area contributed by atoms with Crippen LogP contribution in [0, 0.1) is 5.92 Å². The van der Waals surface area contributed by atoms with E-state index in [0.717, 1.165) is 36.7 Å². The molecule has 2 atom stereocenters. The van der Waals surface area contributed by atoms with Gasteiger partial charge in [0.15, 0.2) is 0 Å². The molecule has 1 saturated carbocycles. The highest BCUT2D eigenvalue weighted by Crippen LogP contribution is 2.36. The smallest absolute Gasteiger partial charge is 0.322 e. The molecule has 4 heteroatoms. The molecular formula is C18H26N2O2. The van der Waals surface area contributed by atoms with Crippen LogP contribution >= 0.6 is 0 Å². The Hall–Kier alpha value is -1.55. The minimum absolute atomic E-state index is 0.0640. The first kappa shape index (κ1) is 15.3. The third-order valence-electron chi connectivity index (χ3n) is 4.93. The van der Waals surface area contributed by atoms with Crippen LogP contribution in [0.1, 0.15) is 44.6 Å². The van der Waals surface area contributed by atoms with Gasteiger partial charge in [0.2, 0.25) is 0 Å². The molecule has 2 unspecified atom stereocenters. The van der Waals surface area contributed by atoms with Crippen molar-refractivity contribution in [1.29, 1.82) is 0 Å². The Morgan fingerprint density at radius 3 is 2.77 bits per heavy atom. The summed E-state index contributed by atoms with van der Waals surface area (Å²) in [4.78, 5) is 14.6. The first-order valence-corrected chi connectivity index (χ1v) is 8.52. The molecule has 0 bridgehead atoms. The number of nitrogens with one attached hydrogen (secondary N) is 1. The molecule has 22 heavy (non-hydrogen) atoms. The first-order valence-electron chi connectivity index (χ1n) is 8.52. The van der Waals surface area contributed by atoms with E-state index in [4.69, 9.17) is 4.74 Å². The molecule has 0 radical (unpaired) electrons. The van der Waals surface area contributed by atoms with Gasteiger partial charge in [0, 0.05) is 24.9 Å². The van der Waals surface area contributed by atoms with Gasteiger partial charge in [-0.05, 0) is 56.2 Å². The topological polar surface area (TPSA) is 41.6 Å². The van der Waals surface area contributed by atoms with Crippen LogP contribution in [0.4, 0.5) is 10.5 Å². The predicted octanol–water partition coefficient (Wildman–Crippen LogP) is 4.02. The highest BCUT2D eigenvalue weighted by molar-refractivity contribution is 5.89. The number of piperidine rings is 1. The minimum Gasteiger partial charge on any atom is -0.377 e. The van der Waals surface area contributed by atoms with Crippen molar-refractivity contribution in [3.63, 3.8) is 0 Å². The third kappa shape index (κ3) is 3.43. The van der Waals surface area contributed by atoms with Crippen molar-refractivity contribution in [3.8, 4) is 0 Å². The van der Waals surface area contributed by atoms with Gasteiger partial charge in [-0.2, -0.15) is 0 Å². The number of hydrogen-bond donors (Lipinski definition) is 1. The number of rotatable bonds is 4. The zero-order valence-electron chi connectivity index (χ0n) is 13.4. The molecule has 1 N–H and O–H groups in total.